The third-order valence-electron chi connectivity index (χ3n) is 5.29. The van der Waals surface area contributed by atoms with Crippen LogP contribution in [0.1, 0.15) is 55.9 Å². The minimum Gasteiger partial charge on any atom is -0.352 e. The molecule has 0 radical (unpaired) electrons. The molecule has 162 valence electrons. The molecular weight excluding hydrogens is 396 g/mol. The lowest BCUT2D eigenvalue weighted by molar-refractivity contribution is -0.141. The van der Waals surface area contributed by atoms with Crippen molar-refractivity contribution in [1.82, 2.24) is 10.2 Å². The van der Waals surface area contributed by atoms with Crippen molar-refractivity contribution >= 4 is 23.4 Å². The fraction of sp³-hybridized carbons (Fsp3) is 0.440. The molecule has 0 aliphatic rings. The maximum absolute atomic E-state index is 13.4. The maximum Gasteiger partial charge on any atom is 0.243 e. The minimum atomic E-state index is -0.520. The van der Waals surface area contributed by atoms with Crippen LogP contribution in [0.3, 0.4) is 0 Å². The summed E-state index contributed by atoms with van der Waals surface area (Å²) in [6.45, 7) is 10.4. The van der Waals surface area contributed by atoms with Gasteiger partial charge in [-0.1, -0.05) is 66.9 Å². The Morgan fingerprint density at radius 1 is 0.967 bits per heavy atom. The van der Waals surface area contributed by atoms with Crippen LogP contribution in [0.2, 0.25) is 5.02 Å². The molecule has 5 heteroatoms. The van der Waals surface area contributed by atoms with E-state index < -0.39 is 6.04 Å². The Labute approximate surface area is 185 Å². The highest BCUT2D eigenvalue weighted by atomic mass is 35.5. The van der Waals surface area contributed by atoms with Gasteiger partial charge in [0.1, 0.15) is 6.04 Å². The normalized spacial score (nSPS) is 12.9. The Morgan fingerprint density at radius 3 is 2.10 bits per heavy atom. The highest BCUT2D eigenvalue weighted by Crippen LogP contribution is 2.18. The smallest absolute Gasteiger partial charge is 0.243 e. The number of amides is 2. The van der Waals surface area contributed by atoms with Gasteiger partial charge in [-0.25, -0.2) is 0 Å². The molecule has 2 rings (SSSR count). The van der Waals surface area contributed by atoms with Crippen molar-refractivity contribution in [2.24, 2.45) is 0 Å². The van der Waals surface area contributed by atoms with Gasteiger partial charge in [-0.05, 0) is 56.9 Å². The monoisotopic (exact) mass is 428 g/mol. The van der Waals surface area contributed by atoms with Crippen molar-refractivity contribution in [3.63, 3.8) is 0 Å². The van der Waals surface area contributed by atoms with Crippen LogP contribution in [0.15, 0.2) is 42.5 Å². The molecule has 0 aliphatic carbocycles. The van der Waals surface area contributed by atoms with Crippen molar-refractivity contribution < 1.29 is 9.59 Å². The number of halogens is 1. The zero-order chi connectivity index (χ0) is 22.3. The molecule has 0 spiro atoms. The zero-order valence-electron chi connectivity index (χ0n) is 18.7. The van der Waals surface area contributed by atoms with E-state index in [9.17, 15) is 9.59 Å². The number of carbonyl (C=O) groups excluding carboxylic acids is 2. The lowest BCUT2D eigenvalue weighted by Gasteiger charge is -2.31. The fourth-order valence-electron chi connectivity index (χ4n) is 3.59. The van der Waals surface area contributed by atoms with Crippen LogP contribution >= 0.6 is 11.6 Å². The summed E-state index contributed by atoms with van der Waals surface area (Å²) in [6, 6.07) is 13.1. The molecule has 2 aromatic rings. The second-order valence-electron chi connectivity index (χ2n) is 8.06. The number of carbonyl (C=O) groups is 2. The van der Waals surface area contributed by atoms with Crippen LogP contribution in [-0.4, -0.2) is 28.8 Å². The first-order valence-corrected chi connectivity index (χ1v) is 11.0. The van der Waals surface area contributed by atoms with E-state index in [4.69, 9.17) is 11.6 Å². The molecular formula is C25H33ClN2O2. The van der Waals surface area contributed by atoms with Crippen LogP contribution in [0.4, 0.5) is 0 Å². The maximum atomic E-state index is 13.4. The van der Waals surface area contributed by atoms with E-state index in [1.165, 1.54) is 0 Å². The molecule has 4 nitrogen and oxygen atoms in total. The highest BCUT2D eigenvalue weighted by Gasteiger charge is 2.29. The molecule has 0 fully saturated rings. The third-order valence-corrected chi connectivity index (χ3v) is 5.54. The second-order valence-corrected chi connectivity index (χ2v) is 8.50. The van der Waals surface area contributed by atoms with Gasteiger partial charge in [0, 0.05) is 17.6 Å². The summed E-state index contributed by atoms with van der Waals surface area (Å²) in [5.41, 5.74) is 4.17. The first-order valence-electron chi connectivity index (χ1n) is 10.6. The van der Waals surface area contributed by atoms with E-state index >= 15 is 0 Å². The van der Waals surface area contributed by atoms with Crippen molar-refractivity contribution in [2.45, 2.75) is 72.5 Å². The third kappa shape index (κ3) is 6.88. The van der Waals surface area contributed by atoms with E-state index in [0.717, 1.165) is 28.7 Å². The molecule has 0 aromatic heterocycles. The predicted molar refractivity (Wildman–Crippen MR) is 124 cm³/mol. The van der Waals surface area contributed by atoms with Gasteiger partial charge in [0.25, 0.3) is 0 Å². The molecule has 2 amide bonds. The van der Waals surface area contributed by atoms with Gasteiger partial charge in [-0.3, -0.25) is 9.59 Å². The van der Waals surface area contributed by atoms with Gasteiger partial charge in [0.2, 0.25) is 11.8 Å². The SMILES string of the molecule is CCC(C)NC(=O)C(CC)N(Cc1ccc(Cl)cc1)C(=O)Cc1cc(C)cc(C)c1. The molecule has 2 atom stereocenters. The van der Waals surface area contributed by atoms with Gasteiger partial charge in [0.05, 0.1) is 6.42 Å². The Morgan fingerprint density at radius 2 is 1.57 bits per heavy atom. The standard InChI is InChI=1S/C25H33ClN2O2/c1-6-19(5)27-25(30)23(7-2)28(16-20-8-10-22(26)11-9-20)24(29)15-21-13-17(3)12-18(4)14-21/h8-14,19,23H,6-7,15-16H2,1-5H3,(H,27,30). The molecule has 0 heterocycles. The molecule has 30 heavy (non-hydrogen) atoms. The van der Waals surface area contributed by atoms with Crippen LogP contribution in [0, 0.1) is 13.8 Å². The van der Waals surface area contributed by atoms with Crippen molar-refractivity contribution in [3.8, 4) is 0 Å². The summed E-state index contributed by atoms with van der Waals surface area (Å²) in [7, 11) is 0. The topological polar surface area (TPSA) is 49.4 Å². The Hall–Kier alpha value is -2.33. The average molecular weight is 429 g/mol. The van der Waals surface area contributed by atoms with Gasteiger partial charge in [-0.2, -0.15) is 0 Å². The summed E-state index contributed by atoms with van der Waals surface area (Å²) in [6.07, 6.45) is 1.66. The summed E-state index contributed by atoms with van der Waals surface area (Å²) in [5, 5.41) is 3.69. The van der Waals surface area contributed by atoms with E-state index in [-0.39, 0.29) is 24.3 Å². The second kappa shape index (κ2) is 11.2. The number of aryl methyl sites for hydroxylation is 2. The summed E-state index contributed by atoms with van der Waals surface area (Å²) >= 11 is 6.02. The molecule has 2 unspecified atom stereocenters. The van der Waals surface area contributed by atoms with Crippen LogP contribution < -0.4 is 5.32 Å². The van der Waals surface area contributed by atoms with Crippen LogP contribution in [0.25, 0.3) is 0 Å². The minimum absolute atomic E-state index is 0.0545. The number of hydrogen-bond donors (Lipinski definition) is 1. The number of hydrogen-bond acceptors (Lipinski definition) is 2. The highest BCUT2D eigenvalue weighted by molar-refractivity contribution is 6.30. The number of benzene rings is 2. The number of nitrogens with zero attached hydrogens (tertiary/aromatic N) is 1. The molecule has 0 saturated carbocycles. The van der Waals surface area contributed by atoms with Crippen molar-refractivity contribution in [1.29, 1.82) is 0 Å². The average Bonchev–Trinajstić information content (AvgIpc) is 2.68. The lowest BCUT2D eigenvalue weighted by Crippen LogP contribution is -2.51. The van der Waals surface area contributed by atoms with Crippen LogP contribution in [0.5, 0.6) is 0 Å². The summed E-state index contributed by atoms with van der Waals surface area (Å²) in [5.74, 6) is -0.157. The summed E-state index contributed by atoms with van der Waals surface area (Å²) in [4.78, 5) is 28.1. The Kier molecular flexibility index (Phi) is 8.91. The van der Waals surface area contributed by atoms with E-state index in [1.807, 2.05) is 71.0 Å². The van der Waals surface area contributed by atoms with E-state index in [2.05, 4.69) is 11.4 Å². The van der Waals surface area contributed by atoms with E-state index in [0.29, 0.717) is 18.0 Å². The van der Waals surface area contributed by atoms with Gasteiger partial charge in [-0.15, -0.1) is 0 Å². The van der Waals surface area contributed by atoms with Crippen molar-refractivity contribution in [2.75, 3.05) is 0 Å². The first kappa shape index (κ1) is 23.9. The van der Waals surface area contributed by atoms with Gasteiger partial charge >= 0.3 is 0 Å². The summed E-state index contributed by atoms with van der Waals surface area (Å²) < 4.78 is 0. The Bertz CT molecular complexity index is 844. The lowest BCUT2D eigenvalue weighted by atomic mass is 10.0. The van der Waals surface area contributed by atoms with Gasteiger partial charge < -0.3 is 10.2 Å². The molecule has 0 bridgehead atoms. The number of nitrogens with one attached hydrogen (secondary N) is 1. The fourth-order valence-corrected chi connectivity index (χ4v) is 3.72. The molecule has 0 saturated heterocycles. The van der Waals surface area contributed by atoms with Crippen LogP contribution in [-0.2, 0) is 22.6 Å². The van der Waals surface area contributed by atoms with Crippen molar-refractivity contribution in [3.05, 3.63) is 69.7 Å². The number of rotatable bonds is 9. The Balaban J connectivity index is 2.31. The van der Waals surface area contributed by atoms with Gasteiger partial charge in [0.15, 0.2) is 0 Å². The predicted octanol–water partition coefficient (Wildman–Crippen LogP) is 5.22. The largest absolute Gasteiger partial charge is 0.352 e. The molecule has 2 aromatic carbocycles. The zero-order valence-corrected chi connectivity index (χ0v) is 19.4. The molecule has 1 N–H and O–H groups in total. The quantitative estimate of drug-likeness (QED) is 0.595. The van der Waals surface area contributed by atoms with E-state index in [1.54, 1.807) is 4.90 Å². The first-order chi connectivity index (χ1) is 14.2. The molecule has 0 aliphatic heterocycles.